The van der Waals surface area contributed by atoms with E-state index in [1.54, 1.807) is 19.2 Å². The lowest BCUT2D eigenvalue weighted by molar-refractivity contribution is -0.142. The molecule has 0 amide bonds. The van der Waals surface area contributed by atoms with Crippen molar-refractivity contribution in [3.8, 4) is 0 Å². The Bertz CT molecular complexity index is 580. The van der Waals surface area contributed by atoms with E-state index in [1.165, 1.54) is 12.1 Å². The molecule has 0 spiro atoms. The van der Waals surface area contributed by atoms with E-state index < -0.39 is 21.9 Å². The minimum atomic E-state index is -3.71. The second-order valence-electron chi connectivity index (χ2n) is 5.59. The van der Waals surface area contributed by atoms with E-state index in [4.69, 9.17) is 9.84 Å². The molecular formula is C15H23NO5S. The van der Waals surface area contributed by atoms with Gasteiger partial charge in [-0.05, 0) is 30.0 Å². The van der Waals surface area contributed by atoms with E-state index in [0.29, 0.717) is 13.0 Å². The highest BCUT2D eigenvalue weighted by Crippen LogP contribution is 2.14. The maximum absolute atomic E-state index is 12.2. The zero-order valence-corrected chi connectivity index (χ0v) is 13.9. The predicted octanol–water partition coefficient (Wildman–Crippen LogP) is 1.86. The lowest BCUT2D eigenvalue weighted by Gasteiger charge is -2.15. The summed E-state index contributed by atoms with van der Waals surface area (Å²) in [6, 6.07) is 6.30. The third-order valence-electron chi connectivity index (χ3n) is 3.17. The molecule has 0 aliphatic rings. The molecule has 0 fully saturated rings. The normalized spacial score (nSPS) is 13.3. The van der Waals surface area contributed by atoms with Gasteiger partial charge in [0.25, 0.3) is 0 Å². The number of carboxylic acids is 1. The number of sulfonamides is 1. The Morgan fingerprint density at radius 3 is 2.32 bits per heavy atom. The number of nitrogens with one attached hydrogen (secondary N) is 1. The number of hydrogen-bond acceptors (Lipinski definition) is 4. The Morgan fingerprint density at radius 2 is 1.86 bits per heavy atom. The van der Waals surface area contributed by atoms with Crippen molar-refractivity contribution >= 4 is 16.0 Å². The zero-order chi connectivity index (χ0) is 16.8. The molecule has 2 N–H and O–H groups in total. The zero-order valence-electron chi connectivity index (χ0n) is 13.1. The van der Waals surface area contributed by atoms with E-state index in [-0.39, 0.29) is 17.4 Å². The number of ether oxygens (including phenoxy) is 1. The third kappa shape index (κ3) is 5.75. The Kier molecular flexibility index (Phi) is 6.99. The van der Waals surface area contributed by atoms with Crippen LogP contribution in [0.15, 0.2) is 29.2 Å². The maximum Gasteiger partial charge on any atom is 0.307 e. The molecule has 0 aliphatic carbocycles. The number of carboxylic acid groups (broad SMARTS) is 1. The van der Waals surface area contributed by atoms with Crippen LogP contribution in [0.5, 0.6) is 0 Å². The number of benzene rings is 1. The van der Waals surface area contributed by atoms with Gasteiger partial charge in [0.05, 0.1) is 17.4 Å². The van der Waals surface area contributed by atoms with Gasteiger partial charge < -0.3 is 9.84 Å². The number of hydrogen-bond donors (Lipinski definition) is 2. The van der Waals surface area contributed by atoms with Gasteiger partial charge in [-0.3, -0.25) is 4.79 Å². The summed E-state index contributed by atoms with van der Waals surface area (Å²) in [7, 11) is -2.15. The molecule has 1 unspecified atom stereocenters. The van der Waals surface area contributed by atoms with Crippen LogP contribution in [0.3, 0.4) is 0 Å². The molecule has 1 rings (SSSR count). The second-order valence-corrected chi connectivity index (χ2v) is 7.36. The minimum Gasteiger partial charge on any atom is -0.481 e. The largest absolute Gasteiger partial charge is 0.481 e. The average molecular weight is 329 g/mol. The third-order valence-corrected chi connectivity index (χ3v) is 4.61. The molecule has 124 valence electrons. The molecular weight excluding hydrogens is 306 g/mol. The van der Waals surface area contributed by atoms with Crippen LogP contribution in [-0.2, 0) is 26.2 Å². The quantitative estimate of drug-likeness (QED) is 0.721. The van der Waals surface area contributed by atoms with Gasteiger partial charge in [-0.1, -0.05) is 26.0 Å². The van der Waals surface area contributed by atoms with Gasteiger partial charge >= 0.3 is 5.97 Å². The first-order chi connectivity index (χ1) is 10.3. The lowest BCUT2D eigenvalue weighted by atomic mass is 9.98. The number of aliphatic carboxylic acids is 1. The first-order valence-electron chi connectivity index (χ1n) is 7.06. The van der Waals surface area contributed by atoms with Crippen LogP contribution in [0.4, 0.5) is 0 Å². The fraction of sp³-hybridized carbons (Fsp3) is 0.533. The molecule has 0 saturated heterocycles. The summed E-state index contributed by atoms with van der Waals surface area (Å²) < 4.78 is 31.7. The summed E-state index contributed by atoms with van der Waals surface area (Å²) in [6.45, 7) is 4.09. The average Bonchev–Trinajstić information content (AvgIpc) is 2.44. The van der Waals surface area contributed by atoms with Gasteiger partial charge in [-0.2, -0.15) is 0 Å². The van der Waals surface area contributed by atoms with Crippen molar-refractivity contribution in [2.45, 2.75) is 31.8 Å². The number of methoxy groups -OCH3 is 1. The van der Waals surface area contributed by atoms with Gasteiger partial charge in [0.1, 0.15) is 0 Å². The van der Waals surface area contributed by atoms with Crippen molar-refractivity contribution in [1.29, 1.82) is 0 Å². The van der Waals surface area contributed by atoms with Gasteiger partial charge in [0, 0.05) is 13.7 Å². The molecule has 0 bridgehead atoms. The van der Waals surface area contributed by atoms with E-state index >= 15 is 0 Å². The highest BCUT2D eigenvalue weighted by Gasteiger charge is 2.22. The van der Waals surface area contributed by atoms with Gasteiger partial charge in [-0.15, -0.1) is 0 Å². The van der Waals surface area contributed by atoms with Crippen LogP contribution < -0.4 is 4.72 Å². The van der Waals surface area contributed by atoms with Gasteiger partial charge in [0.2, 0.25) is 10.0 Å². The van der Waals surface area contributed by atoms with Crippen molar-refractivity contribution in [2.24, 2.45) is 11.8 Å². The molecule has 0 heterocycles. The summed E-state index contributed by atoms with van der Waals surface area (Å²) in [5.74, 6) is -1.55. The van der Waals surface area contributed by atoms with Crippen LogP contribution in [0.1, 0.15) is 25.8 Å². The van der Waals surface area contributed by atoms with E-state index in [1.807, 2.05) is 13.8 Å². The smallest absolute Gasteiger partial charge is 0.307 e. The highest BCUT2D eigenvalue weighted by molar-refractivity contribution is 7.89. The van der Waals surface area contributed by atoms with E-state index in [0.717, 1.165) is 5.56 Å². The van der Waals surface area contributed by atoms with Gasteiger partial charge in [-0.25, -0.2) is 13.1 Å². The fourth-order valence-electron chi connectivity index (χ4n) is 2.07. The first-order valence-corrected chi connectivity index (χ1v) is 8.55. The van der Waals surface area contributed by atoms with Crippen molar-refractivity contribution in [2.75, 3.05) is 13.7 Å². The van der Waals surface area contributed by atoms with Crippen molar-refractivity contribution in [3.63, 3.8) is 0 Å². The fourth-order valence-corrected chi connectivity index (χ4v) is 3.15. The van der Waals surface area contributed by atoms with Crippen molar-refractivity contribution < 1.29 is 23.1 Å². The summed E-state index contributed by atoms with van der Waals surface area (Å²) in [5.41, 5.74) is 0.865. The summed E-state index contributed by atoms with van der Waals surface area (Å²) >= 11 is 0. The standard InChI is InChI=1S/C15H23NO5S/c1-11(2)8-13(15(17)18)9-16-22(19,20)14-6-4-12(5-7-14)10-21-3/h4-7,11,13,16H,8-10H2,1-3H3,(H,17,18). The minimum absolute atomic E-state index is 0.112. The van der Waals surface area contributed by atoms with E-state index in [2.05, 4.69) is 4.72 Å². The molecule has 0 aliphatic heterocycles. The molecule has 1 atom stereocenters. The first kappa shape index (κ1) is 18.6. The molecule has 0 saturated carbocycles. The summed E-state index contributed by atoms with van der Waals surface area (Å²) in [5, 5.41) is 9.14. The number of rotatable bonds is 9. The Balaban J connectivity index is 2.75. The van der Waals surface area contributed by atoms with Crippen molar-refractivity contribution in [3.05, 3.63) is 29.8 Å². The van der Waals surface area contributed by atoms with Crippen LogP contribution in [-0.4, -0.2) is 33.1 Å². The topological polar surface area (TPSA) is 92.7 Å². The highest BCUT2D eigenvalue weighted by atomic mass is 32.2. The monoisotopic (exact) mass is 329 g/mol. The molecule has 6 nitrogen and oxygen atoms in total. The molecule has 0 aromatic heterocycles. The van der Waals surface area contributed by atoms with Crippen LogP contribution in [0, 0.1) is 11.8 Å². The second kappa shape index (κ2) is 8.26. The molecule has 1 aromatic rings. The van der Waals surface area contributed by atoms with Crippen LogP contribution in [0.2, 0.25) is 0 Å². The predicted molar refractivity (Wildman–Crippen MR) is 82.9 cm³/mol. The Hall–Kier alpha value is -1.44. The van der Waals surface area contributed by atoms with Gasteiger partial charge in [0.15, 0.2) is 0 Å². The molecule has 22 heavy (non-hydrogen) atoms. The Labute approximate surface area is 131 Å². The maximum atomic E-state index is 12.2. The summed E-state index contributed by atoms with van der Waals surface area (Å²) in [4.78, 5) is 11.3. The molecule has 0 radical (unpaired) electrons. The molecule has 1 aromatic carbocycles. The molecule has 7 heteroatoms. The van der Waals surface area contributed by atoms with E-state index in [9.17, 15) is 13.2 Å². The Morgan fingerprint density at radius 1 is 1.27 bits per heavy atom. The van der Waals surface area contributed by atoms with Crippen molar-refractivity contribution in [1.82, 2.24) is 4.72 Å². The number of carbonyl (C=O) groups is 1. The summed E-state index contributed by atoms with van der Waals surface area (Å²) in [6.07, 6.45) is 0.421. The SMILES string of the molecule is COCc1ccc(S(=O)(=O)NCC(CC(C)C)C(=O)O)cc1. The van der Waals surface area contributed by atoms with Crippen LogP contribution >= 0.6 is 0 Å². The van der Waals surface area contributed by atoms with Crippen LogP contribution in [0.25, 0.3) is 0 Å². The lowest BCUT2D eigenvalue weighted by Crippen LogP contribution is -2.33.